The smallest absolute Gasteiger partial charge is 0.0849 e. The van der Waals surface area contributed by atoms with E-state index in [1.54, 1.807) is 0 Å². The summed E-state index contributed by atoms with van der Waals surface area (Å²) in [5.74, 6) is 0. The third-order valence-electron chi connectivity index (χ3n) is 3.77. The van der Waals surface area contributed by atoms with Gasteiger partial charge in [-0.05, 0) is 75.9 Å². The maximum atomic E-state index is 12.7. The number of rotatable bonds is 6. The van der Waals surface area contributed by atoms with E-state index in [0.717, 1.165) is 22.6 Å². The van der Waals surface area contributed by atoms with Gasteiger partial charge in [-0.15, -0.1) is 0 Å². The van der Waals surface area contributed by atoms with E-state index >= 15 is 0 Å². The minimum Gasteiger partial charge on any atom is -0.249 e. The highest BCUT2D eigenvalue weighted by Crippen LogP contribution is 2.18. The monoisotopic (exact) mass is 338 g/mol. The Hall–Kier alpha value is -1.93. The van der Waals surface area contributed by atoms with Crippen molar-refractivity contribution in [2.75, 3.05) is 0 Å². The standard InChI is InChI=1S/C22H26OS/c1-17(2)5-7-19-9-13-21(14-10-19)24(23)22-15-11-20(12-16-22)8-6-18(3)4/h5-6,9-16H,7-8H2,1-4H3. The van der Waals surface area contributed by atoms with Gasteiger partial charge < -0.3 is 0 Å². The van der Waals surface area contributed by atoms with Crippen molar-refractivity contribution in [2.24, 2.45) is 0 Å². The highest BCUT2D eigenvalue weighted by molar-refractivity contribution is 7.85. The summed E-state index contributed by atoms with van der Waals surface area (Å²) in [6.45, 7) is 8.41. The third kappa shape index (κ3) is 5.61. The fraction of sp³-hybridized carbons (Fsp3) is 0.273. The van der Waals surface area contributed by atoms with Gasteiger partial charge in [0.2, 0.25) is 0 Å². The van der Waals surface area contributed by atoms with Crippen LogP contribution >= 0.6 is 0 Å². The van der Waals surface area contributed by atoms with Crippen molar-refractivity contribution < 1.29 is 4.21 Å². The molecule has 0 atom stereocenters. The normalized spacial score (nSPS) is 10.5. The highest BCUT2D eigenvalue weighted by atomic mass is 32.2. The van der Waals surface area contributed by atoms with Crippen molar-refractivity contribution in [2.45, 2.75) is 50.3 Å². The molecule has 126 valence electrons. The quantitative estimate of drug-likeness (QED) is 0.602. The molecule has 0 aromatic heterocycles. The lowest BCUT2D eigenvalue weighted by atomic mass is 10.1. The second-order valence-corrected chi connectivity index (χ2v) is 8.01. The molecule has 0 saturated heterocycles. The first-order valence-electron chi connectivity index (χ1n) is 8.32. The fourth-order valence-corrected chi connectivity index (χ4v) is 3.32. The molecule has 0 radical (unpaired) electrons. The number of hydrogen-bond donors (Lipinski definition) is 0. The van der Waals surface area contributed by atoms with Crippen LogP contribution in [0.2, 0.25) is 0 Å². The Bertz CT molecular complexity index is 676. The Morgan fingerprint density at radius 1 is 0.708 bits per heavy atom. The molecule has 2 aromatic carbocycles. The van der Waals surface area contributed by atoms with Gasteiger partial charge in [0.05, 0.1) is 10.8 Å². The Morgan fingerprint density at radius 2 is 1.04 bits per heavy atom. The van der Waals surface area contributed by atoms with Crippen LogP contribution < -0.4 is 0 Å². The molecule has 24 heavy (non-hydrogen) atoms. The van der Waals surface area contributed by atoms with Gasteiger partial charge in [0.1, 0.15) is 0 Å². The Labute approximate surface area is 148 Å². The Morgan fingerprint density at radius 3 is 1.33 bits per heavy atom. The molecule has 0 spiro atoms. The SMILES string of the molecule is CC(C)=CCc1ccc(S(=O)c2ccc(CC=C(C)C)cc2)cc1. The van der Waals surface area contributed by atoms with Crippen LogP contribution in [0.25, 0.3) is 0 Å². The van der Waals surface area contributed by atoms with E-state index in [1.807, 2.05) is 24.3 Å². The molecule has 0 aliphatic rings. The molecule has 0 heterocycles. The van der Waals surface area contributed by atoms with E-state index in [-0.39, 0.29) is 0 Å². The Balaban J connectivity index is 2.08. The molecule has 2 heteroatoms. The topological polar surface area (TPSA) is 17.1 Å². The van der Waals surface area contributed by atoms with Crippen molar-refractivity contribution in [3.05, 3.63) is 83.0 Å². The van der Waals surface area contributed by atoms with Gasteiger partial charge >= 0.3 is 0 Å². The average molecular weight is 339 g/mol. The van der Waals surface area contributed by atoms with Crippen molar-refractivity contribution in [3.8, 4) is 0 Å². The zero-order chi connectivity index (χ0) is 17.5. The maximum absolute atomic E-state index is 12.7. The summed E-state index contributed by atoms with van der Waals surface area (Å²) in [7, 11) is -1.12. The van der Waals surface area contributed by atoms with Crippen LogP contribution in [0.15, 0.2) is 81.6 Å². The third-order valence-corrected chi connectivity index (χ3v) is 5.17. The van der Waals surface area contributed by atoms with E-state index in [0.29, 0.717) is 0 Å². The lowest BCUT2D eigenvalue weighted by Crippen LogP contribution is -1.94. The summed E-state index contributed by atoms with van der Waals surface area (Å²) in [6, 6.07) is 16.2. The summed E-state index contributed by atoms with van der Waals surface area (Å²) in [4.78, 5) is 1.71. The first kappa shape index (κ1) is 18.4. The van der Waals surface area contributed by atoms with Crippen LogP contribution in [0.1, 0.15) is 38.8 Å². The van der Waals surface area contributed by atoms with Crippen LogP contribution in [0.5, 0.6) is 0 Å². The van der Waals surface area contributed by atoms with E-state index < -0.39 is 10.8 Å². The molecule has 2 aromatic rings. The minimum atomic E-state index is -1.12. The highest BCUT2D eigenvalue weighted by Gasteiger charge is 2.07. The zero-order valence-corrected chi connectivity index (χ0v) is 15.8. The number of benzene rings is 2. The molecule has 0 fully saturated rings. The van der Waals surface area contributed by atoms with Crippen LogP contribution in [-0.2, 0) is 23.6 Å². The fourth-order valence-electron chi connectivity index (χ4n) is 2.28. The summed E-state index contributed by atoms with van der Waals surface area (Å²) < 4.78 is 12.7. The lowest BCUT2D eigenvalue weighted by Gasteiger charge is -2.05. The average Bonchev–Trinajstić information content (AvgIpc) is 2.58. The van der Waals surface area contributed by atoms with Gasteiger partial charge in [-0.2, -0.15) is 0 Å². The van der Waals surface area contributed by atoms with E-state index in [4.69, 9.17) is 0 Å². The van der Waals surface area contributed by atoms with E-state index in [9.17, 15) is 4.21 Å². The molecule has 0 unspecified atom stereocenters. The minimum absolute atomic E-state index is 0.855. The largest absolute Gasteiger partial charge is 0.249 e. The molecule has 0 aliphatic heterocycles. The molecule has 0 saturated carbocycles. The molecule has 0 aliphatic carbocycles. The summed E-state index contributed by atoms with van der Waals surface area (Å²) in [6.07, 6.45) is 6.26. The molecule has 1 nitrogen and oxygen atoms in total. The second kappa shape index (κ2) is 8.79. The van der Waals surface area contributed by atoms with E-state index in [2.05, 4.69) is 64.1 Å². The predicted molar refractivity (Wildman–Crippen MR) is 104 cm³/mol. The predicted octanol–water partition coefficient (Wildman–Crippen LogP) is 5.87. The van der Waals surface area contributed by atoms with Gasteiger partial charge in [-0.25, -0.2) is 4.21 Å². The lowest BCUT2D eigenvalue weighted by molar-refractivity contribution is 0.683. The van der Waals surface area contributed by atoms with Gasteiger partial charge in [-0.3, -0.25) is 0 Å². The van der Waals surface area contributed by atoms with Crippen LogP contribution in [0.3, 0.4) is 0 Å². The summed E-state index contributed by atoms with van der Waals surface area (Å²) in [5.41, 5.74) is 5.12. The van der Waals surface area contributed by atoms with Gasteiger partial charge in [0.25, 0.3) is 0 Å². The first-order chi connectivity index (χ1) is 11.5. The molecule has 0 amide bonds. The summed E-state index contributed by atoms with van der Waals surface area (Å²) >= 11 is 0. The zero-order valence-electron chi connectivity index (χ0n) is 15.0. The van der Waals surface area contributed by atoms with Crippen molar-refractivity contribution in [1.82, 2.24) is 0 Å². The van der Waals surface area contributed by atoms with Crippen molar-refractivity contribution >= 4 is 10.8 Å². The molecule has 0 N–H and O–H groups in total. The van der Waals surface area contributed by atoms with Crippen LogP contribution in [-0.4, -0.2) is 4.21 Å². The van der Waals surface area contributed by atoms with Crippen molar-refractivity contribution in [3.63, 3.8) is 0 Å². The van der Waals surface area contributed by atoms with Gasteiger partial charge in [0.15, 0.2) is 0 Å². The first-order valence-corrected chi connectivity index (χ1v) is 9.47. The molecule has 2 rings (SSSR count). The molecular weight excluding hydrogens is 312 g/mol. The van der Waals surface area contributed by atoms with Crippen LogP contribution in [0.4, 0.5) is 0 Å². The van der Waals surface area contributed by atoms with Crippen LogP contribution in [0, 0.1) is 0 Å². The second-order valence-electron chi connectivity index (χ2n) is 6.53. The summed E-state index contributed by atoms with van der Waals surface area (Å²) in [5, 5.41) is 0. The maximum Gasteiger partial charge on any atom is 0.0849 e. The molecular formula is C22H26OS. The van der Waals surface area contributed by atoms with E-state index in [1.165, 1.54) is 22.3 Å². The number of allylic oxidation sites excluding steroid dienone is 4. The van der Waals surface area contributed by atoms with Crippen molar-refractivity contribution in [1.29, 1.82) is 0 Å². The number of hydrogen-bond acceptors (Lipinski definition) is 1. The molecule has 0 bridgehead atoms. The Kier molecular flexibility index (Phi) is 6.74. The van der Waals surface area contributed by atoms with Gasteiger partial charge in [0, 0.05) is 9.79 Å². The van der Waals surface area contributed by atoms with Gasteiger partial charge in [-0.1, -0.05) is 47.6 Å².